The fourth-order valence-corrected chi connectivity index (χ4v) is 3.09. The van der Waals surface area contributed by atoms with Gasteiger partial charge in [-0.05, 0) is 42.0 Å². The number of nitrogens with zero attached hydrogens (tertiary/aromatic N) is 3. The zero-order valence-corrected chi connectivity index (χ0v) is 14.0. The molecule has 0 spiro atoms. The van der Waals surface area contributed by atoms with Crippen LogP contribution < -0.4 is 0 Å². The lowest BCUT2D eigenvalue weighted by Gasteiger charge is -2.17. The molecule has 0 amide bonds. The summed E-state index contributed by atoms with van der Waals surface area (Å²) >= 11 is 5.87. The summed E-state index contributed by atoms with van der Waals surface area (Å²) in [6.45, 7) is 0. The molecule has 0 aliphatic rings. The molecule has 0 radical (unpaired) electrons. The SMILES string of the molecule is N#Cc1cc(C(F)(F)F)cc(Cl)c1-n1cc(S(Cl)(Cl)CF)cn1. The van der Waals surface area contributed by atoms with Crippen LogP contribution in [0.4, 0.5) is 17.6 Å². The Morgan fingerprint density at radius 1 is 1.30 bits per heavy atom. The van der Waals surface area contributed by atoms with Crippen LogP contribution in [0.15, 0.2) is 29.4 Å². The van der Waals surface area contributed by atoms with Crippen molar-refractivity contribution in [3.8, 4) is 11.8 Å². The topological polar surface area (TPSA) is 41.6 Å². The predicted octanol–water partition coefficient (Wildman–Crippen LogP) is 5.81. The molecule has 23 heavy (non-hydrogen) atoms. The molecule has 2 rings (SSSR count). The molecule has 1 aromatic carbocycles. The Morgan fingerprint density at radius 3 is 2.48 bits per heavy atom. The van der Waals surface area contributed by atoms with Crippen LogP contribution in [0.25, 0.3) is 5.69 Å². The van der Waals surface area contributed by atoms with Crippen LogP contribution in [0.5, 0.6) is 0 Å². The first kappa shape index (κ1) is 18.2. The van der Waals surface area contributed by atoms with Crippen LogP contribution in [0.3, 0.4) is 0 Å². The average molecular weight is 407 g/mol. The summed E-state index contributed by atoms with van der Waals surface area (Å²) in [5.41, 5.74) is -1.48. The standard InChI is InChI=1S/C12H6Cl3F4N3S/c13-10-2-8(12(17,18)19)1-7(3-20)11(10)22-5-9(4-21-22)23(14,15)6-16/h1-2,4-5H,6H2. The number of halogens is 7. The van der Waals surface area contributed by atoms with Crippen molar-refractivity contribution in [1.29, 1.82) is 5.26 Å². The fraction of sp³-hybridized carbons (Fsp3) is 0.167. The monoisotopic (exact) mass is 405 g/mol. The molecule has 0 fully saturated rings. The first-order valence-corrected chi connectivity index (χ1v) is 9.55. The van der Waals surface area contributed by atoms with Crippen molar-refractivity contribution in [3.05, 3.63) is 40.7 Å². The highest BCUT2D eigenvalue weighted by molar-refractivity contribution is 8.65. The van der Waals surface area contributed by atoms with E-state index in [2.05, 4.69) is 5.10 Å². The van der Waals surface area contributed by atoms with Crippen molar-refractivity contribution < 1.29 is 17.6 Å². The molecule has 0 atom stereocenters. The Bertz CT molecular complexity index is 783. The average Bonchev–Trinajstić information content (AvgIpc) is 2.95. The third kappa shape index (κ3) is 3.69. The van der Waals surface area contributed by atoms with Gasteiger partial charge in [-0.2, -0.15) is 23.5 Å². The van der Waals surface area contributed by atoms with Gasteiger partial charge in [0.15, 0.2) is 0 Å². The first-order valence-electron chi connectivity index (χ1n) is 5.72. The second-order valence-electron chi connectivity index (χ2n) is 4.27. The summed E-state index contributed by atoms with van der Waals surface area (Å²) in [6.07, 6.45) is -2.25. The van der Waals surface area contributed by atoms with E-state index in [4.69, 9.17) is 38.2 Å². The van der Waals surface area contributed by atoms with Gasteiger partial charge in [-0.1, -0.05) is 11.6 Å². The number of aromatic nitrogens is 2. The highest BCUT2D eigenvalue weighted by Crippen LogP contribution is 2.65. The van der Waals surface area contributed by atoms with Gasteiger partial charge in [0.25, 0.3) is 0 Å². The highest BCUT2D eigenvalue weighted by atomic mass is 36.0. The molecule has 2 aromatic rings. The summed E-state index contributed by atoms with van der Waals surface area (Å²) < 4.78 is 52.1. The van der Waals surface area contributed by atoms with E-state index in [0.717, 1.165) is 4.68 Å². The van der Waals surface area contributed by atoms with Gasteiger partial charge in [0, 0.05) is 6.20 Å². The zero-order chi connectivity index (χ0) is 17.4. The van der Waals surface area contributed by atoms with Gasteiger partial charge in [0.1, 0.15) is 17.8 Å². The van der Waals surface area contributed by atoms with Crippen molar-refractivity contribution in [3.63, 3.8) is 0 Å². The molecule has 0 unspecified atom stereocenters. The number of benzene rings is 1. The maximum absolute atomic E-state index is 12.8. The van der Waals surface area contributed by atoms with E-state index >= 15 is 0 Å². The van der Waals surface area contributed by atoms with E-state index in [-0.39, 0.29) is 21.2 Å². The Balaban J connectivity index is 2.59. The first-order chi connectivity index (χ1) is 10.6. The molecule has 0 saturated heterocycles. The van der Waals surface area contributed by atoms with Gasteiger partial charge in [0.05, 0.1) is 27.2 Å². The number of alkyl halides is 4. The van der Waals surface area contributed by atoms with E-state index in [0.29, 0.717) is 12.1 Å². The van der Waals surface area contributed by atoms with Crippen molar-refractivity contribution in [2.75, 3.05) is 6.01 Å². The van der Waals surface area contributed by atoms with E-state index in [1.54, 1.807) is 6.07 Å². The normalized spacial score (nSPS) is 13.0. The molecule has 1 heterocycles. The maximum atomic E-state index is 12.8. The summed E-state index contributed by atoms with van der Waals surface area (Å²) in [7, 11) is 8.88. The highest BCUT2D eigenvalue weighted by Gasteiger charge is 2.32. The van der Waals surface area contributed by atoms with Crippen LogP contribution in [0, 0.1) is 11.3 Å². The van der Waals surface area contributed by atoms with Gasteiger partial charge < -0.3 is 0 Å². The van der Waals surface area contributed by atoms with Gasteiger partial charge in [-0.3, -0.25) is 0 Å². The van der Waals surface area contributed by atoms with E-state index in [1.807, 2.05) is 0 Å². The van der Waals surface area contributed by atoms with Crippen LogP contribution in [-0.2, 0) is 6.18 Å². The van der Waals surface area contributed by atoms with Crippen molar-refractivity contribution in [2.24, 2.45) is 0 Å². The van der Waals surface area contributed by atoms with Gasteiger partial charge >= 0.3 is 6.18 Å². The van der Waals surface area contributed by atoms with Gasteiger partial charge in [-0.25, -0.2) is 9.07 Å². The molecule has 0 saturated carbocycles. The molecule has 11 heteroatoms. The molecule has 0 bridgehead atoms. The number of hydrogen-bond acceptors (Lipinski definition) is 2. The molecule has 124 valence electrons. The third-order valence-corrected chi connectivity index (χ3v) is 5.81. The van der Waals surface area contributed by atoms with Crippen LogP contribution in [-0.4, -0.2) is 15.8 Å². The third-order valence-electron chi connectivity index (χ3n) is 2.78. The van der Waals surface area contributed by atoms with Crippen molar-refractivity contribution in [2.45, 2.75) is 11.1 Å². The minimum atomic E-state index is -4.65. The summed E-state index contributed by atoms with van der Waals surface area (Å²) in [4.78, 5) is 0.156. The Hall–Kier alpha value is -1.14. The molecular formula is C12H6Cl3F4N3S. The lowest BCUT2D eigenvalue weighted by Crippen LogP contribution is -2.08. The molecule has 0 N–H and O–H groups in total. The minimum Gasteiger partial charge on any atom is -0.238 e. The molecule has 3 nitrogen and oxygen atoms in total. The minimum absolute atomic E-state index is 0.0733. The molecule has 1 aromatic heterocycles. The lowest BCUT2D eigenvalue weighted by molar-refractivity contribution is -0.137. The molecule has 0 aliphatic heterocycles. The Labute approximate surface area is 143 Å². The van der Waals surface area contributed by atoms with Crippen molar-refractivity contribution in [1.82, 2.24) is 9.78 Å². The van der Waals surface area contributed by atoms with Crippen LogP contribution >= 0.6 is 41.4 Å². The predicted molar refractivity (Wildman–Crippen MR) is 81.8 cm³/mol. The van der Waals surface area contributed by atoms with Crippen LogP contribution in [0.2, 0.25) is 5.02 Å². The quantitative estimate of drug-likeness (QED) is 0.603. The Morgan fingerprint density at radius 2 is 1.96 bits per heavy atom. The smallest absolute Gasteiger partial charge is 0.238 e. The molecular weight excluding hydrogens is 401 g/mol. The summed E-state index contributed by atoms with van der Waals surface area (Å²) in [6, 6.07) is 1.94. The van der Waals surface area contributed by atoms with Gasteiger partial charge in [-0.15, -0.1) is 0 Å². The van der Waals surface area contributed by atoms with Gasteiger partial charge in [0.2, 0.25) is 0 Å². The van der Waals surface area contributed by atoms with Crippen LogP contribution in [0.1, 0.15) is 11.1 Å². The number of rotatable bonds is 3. The van der Waals surface area contributed by atoms with E-state index < -0.39 is 26.2 Å². The summed E-state index contributed by atoms with van der Waals surface area (Å²) in [5, 5.41) is 12.6. The second-order valence-corrected chi connectivity index (χ2v) is 10.2. The number of nitriles is 1. The number of hydrogen-bond donors (Lipinski definition) is 0. The maximum Gasteiger partial charge on any atom is 0.416 e. The second kappa shape index (κ2) is 6.40. The lowest BCUT2D eigenvalue weighted by atomic mass is 10.1. The van der Waals surface area contributed by atoms with E-state index in [9.17, 15) is 17.6 Å². The Kier molecular flexibility index (Phi) is 5.06. The largest absolute Gasteiger partial charge is 0.416 e. The van der Waals surface area contributed by atoms with Crippen molar-refractivity contribution >= 4 is 41.4 Å². The summed E-state index contributed by atoms with van der Waals surface area (Å²) in [5.74, 6) is 0. The zero-order valence-electron chi connectivity index (χ0n) is 10.9. The fourth-order valence-electron chi connectivity index (χ4n) is 1.73. The van der Waals surface area contributed by atoms with E-state index in [1.165, 1.54) is 12.4 Å². The molecule has 0 aliphatic carbocycles.